The summed E-state index contributed by atoms with van der Waals surface area (Å²) in [4.78, 5) is 4.29. The molecule has 3 aromatic heterocycles. The molecule has 0 unspecified atom stereocenters. The zero-order valence-corrected chi connectivity index (χ0v) is 12.7. The van der Waals surface area contributed by atoms with Crippen LogP contribution in [0.25, 0.3) is 11.3 Å². The van der Waals surface area contributed by atoms with E-state index in [4.69, 9.17) is 9.26 Å². The van der Waals surface area contributed by atoms with Crippen molar-refractivity contribution in [2.45, 2.75) is 27.4 Å². The van der Waals surface area contributed by atoms with E-state index >= 15 is 0 Å². The quantitative estimate of drug-likeness (QED) is 0.736. The molecule has 6 nitrogen and oxygen atoms in total. The Kier molecular flexibility index (Phi) is 3.82. The topological polar surface area (TPSA) is 73.9 Å². The van der Waals surface area contributed by atoms with Crippen LogP contribution < -0.4 is 4.74 Å². The van der Waals surface area contributed by atoms with Crippen molar-refractivity contribution >= 4 is 0 Å². The molecule has 0 saturated carbocycles. The SMILES string of the molecule is Cc1ccc(-c2noc(C)c2COc2ccc(C)nn2)cn1. The minimum atomic E-state index is 0.316. The molecule has 3 rings (SSSR count). The summed E-state index contributed by atoms with van der Waals surface area (Å²) in [7, 11) is 0. The van der Waals surface area contributed by atoms with Gasteiger partial charge in [-0.1, -0.05) is 5.16 Å². The molecular formula is C16H16N4O2. The zero-order chi connectivity index (χ0) is 15.5. The first kappa shape index (κ1) is 14.2. The van der Waals surface area contributed by atoms with Gasteiger partial charge in [-0.3, -0.25) is 4.98 Å². The van der Waals surface area contributed by atoms with Gasteiger partial charge in [0.1, 0.15) is 18.1 Å². The molecule has 0 aliphatic heterocycles. The number of aromatic nitrogens is 4. The average molecular weight is 296 g/mol. The molecule has 22 heavy (non-hydrogen) atoms. The van der Waals surface area contributed by atoms with Gasteiger partial charge in [0.2, 0.25) is 5.88 Å². The van der Waals surface area contributed by atoms with Crippen LogP contribution in [0.15, 0.2) is 35.0 Å². The number of pyridine rings is 1. The number of aryl methyl sites for hydroxylation is 3. The van der Waals surface area contributed by atoms with Crippen molar-refractivity contribution in [1.82, 2.24) is 20.3 Å². The molecule has 0 aliphatic carbocycles. The van der Waals surface area contributed by atoms with Crippen LogP contribution in [0.5, 0.6) is 5.88 Å². The Morgan fingerprint density at radius 1 is 1.00 bits per heavy atom. The van der Waals surface area contributed by atoms with E-state index in [9.17, 15) is 0 Å². The molecule has 6 heteroatoms. The largest absolute Gasteiger partial charge is 0.472 e. The molecule has 0 amide bonds. The van der Waals surface area contributed by atoms with Gasteiger partial charge in [-0.15, -0.1) is 5.10 Å². The number of nitrogens with zero attached hydrogens (tertiary/aromatic N) is 4. The Morgan fingerprint density at radius 3 is 2.50 bits per heavy atom. The molecule has 112 valence electrons. The third-order valence-corrected chi connectivity index (χ3v) is 3.31. The highest BCUT2D eigenvalue weighted by Crippen LogP contribution is 2.25. The Labute approximate surface area is 128 Å². The summed E-state index contributed by atoms with van der Waals surface area (Å²) in [6, 6.07) is 7.55. The van der Waals surface area contributed by atoms with Crippen molar-refractivity contribution in [3.8, 4) is 17.1 Å². The minimum Gasteiger partial charge on any atom is -0.472 e. The highest BCUT2D eigenvalue weighted by atomic mass is 16.5. The van der Waals surface area contributed by atoms with E-state index in [0.717, 1.165) is 34.0 Å². The van der Waals surface area contributed by atoms with Crippen LogP contribution in [0.2, 0.25) is 0 Å². The molecule has 0 fully saturated rings. The molecule has 0 radical (unpaired) electrons. The summed E-state index contributed by atoms with van der Waals surface area (Å²) >= 11 is 0. The van der Waals surface area contributed by atoms with E-state index in [1.807, 2.05) is 39.0 Å². The average Bonchev–Trinajstić information content (AvgIpc) is 2.89. The highest BCUT2D eigenvalue weighted by Gasteiger charge is 2.16. The summed E-state index contributed by atoms with van der Waals surface area (Å²) in [5.74, 6) is 1.19. The molecule has 3 aromatic rings. The molecule has 0 atom stereocenters. The van der Waals surface area contributed by atoms with Crippen molar-refractivity contribution in [2.75, 3.05) is 0 Å². The summed E-state index contributed by atoms with van der Waals surface area (Å²) in [5, 5.41) is 12.1. The first-order chi connectivity index (χ1) is 10.6. The van der Waals surface area contributed by atoms with Gasteiger partial charge in [0.25, 0.3) is 0 Å². The summed E-state index contributed by atoms with van der Waals surface area (Å²) in [6.45, 7) is 6.00. The fraction of sp³-hybridized carbons (Fsp3) is 0.250. The van der Waals surface area contributed by atoms with E-state index in [2.05, 4.69) is 20.3 Å². The van der Waals surface area contributed by atoms with Gasteiger partial charge in [-0.2, -0.15) is 5.10 Å². The number of hydrogen-bond acceptors (Lipinski definition) is 6. The summed E-state index contributed by atoms with van der Waals surface area (Å²) in [5.41, 5.74) is 4.32. The maximum atomic E-state index is 5.68. The van der Waals surface area contributed by atoms with Gasteiger partial charge < -0.3 is 9.26 Å². The van der Waals surface area contributed by atoms with E-state index in [1.165, 1.54) is 0 Å². The second kappa shape index (κ2) is 5.93. The number of rotatable bonds is 4. The van der Waals surface area contributed by atoms with Crippen molar-refractivity contribution in [1.29, 1.82) is 0 Å². The fourth-order valence-corrected chi connectivity index (χ4v) is 2.01. The van der Waals surface area contributed by atoms with Crippen molar-refractivity contribution in [3.05, 3.63) is 53.2 Å². The van der Waals surface area contributed by atoms with Crippen LogP contribution in [0, 0.1) is 20.8 Å². The monoisotopic (exact) mass is 296 g/mol. The molecule has 0 N–H and O–H groups in total. The molecule has 3 heterocycles. The molecule has 0 aromatic carbocycles. The van der Waals surface area contributed by atoms with Crippen LogP contribution >= 0.6 is 0 Å². The minimum absolute atomic E-state index is 0.316. The molecule has 0 saturated heterocycles. The number of hydrogen-bond donors (Lipinski definition) is 0. The lowest BCUT2D eigenvalue weighted by Gasteiger charge is -2.05. The smallest absolute Gasteiger partial charge is 0.233 e. The molecule has 0 bridgehead atoms. The highest BCUT2D eigenvalue weighted by molar-refractivity contribution is 5.62. The predicted octanol–water partition coefficient (Wildman–Crippen LogP) is 3.03. The van der Waals surface area contributed by atoms with Crippen LogP contribution in [-0.2, 0) is 6.61 Å². The van der Waals surface area contributed by atoms with Crippen molar-refractivity contribution in [2.24, 2.45) is 0 Å². The van der Waals surface area contributed by atoms with Gasteiger partial charge in [0, 0.05) is 23.5 Å². The Morgan fingerprint density at radius 2 is 1.82 bits per heavy atom. The predicted molar refractivity (Wildman–Crippen MR) is 80.3 cm³/mol. The van der Waals surface area contributed by atoms with Crippen LogP contribution in [0.3, 0.4) is 0 Å². The van der Waals surface area contributed by atoms with Gasteiger partial charge in [0.15, 0.2) is 0 Å². The van der Waals surface area contributed by atoms with Gasteiger partial charge in [0.05, 0.1) is 11.3 Å². The molecule has 0 aliphatic rings. The van der Waals surface area contributed by atoms with Crippen LogP contribution in [0.4, 0.5) is 0 Å². The van der Waals surface area contributed by atoms with E-state index in [-0.39, 0.29) is 0 Å². The van der Waals surface area contributed by atoms with Crippen LogP contribution in [-0.4, -0.2) is 20.3 Å². The first-order valence-corrected chi connectivity index (χ1v) is 6.95. The summed E-state index contributed by atoms with van der Waals surface area (Å²) < 4.78 is 11.0. The third-order valence-electron chi connectivity index (χ3n) is 3.31. The van der Waals surface area contributed by atoms with E-state index in [0.29, 0.717) is 12.5 Å². The van der Waals surface area contributed by atoms with E-state index < -0.39 is 0 Å². The van der Waals surface area contributed by atoms with E-state index in [1.54, 1.807) is 12.3 Å². The Hall–Kier alpha value is -2.76. The van der Waals surface area contributed by atoms with Gasteiger partial charge >= 0.3 is 0 Å². The lowest BCUT2D eigenvalue weighted by molar-refractivity contribution is 0.287. The summed E-state index contributed by atoms with van der Waals surface area (Å²) in [6.07, 6.45) is 1.78. The van der Waals surface area contributed by atoms with Crippen molar-refractivity contribution in [3.63, 3.8) is 0 Å². The fourth-order valence-electron chi connectivity index (χ4n) is 2.01. The van der Waals surface area contributed by atoms with Crippen LogP contribution in [0.1, 0.15) is 22.7 Å². The van der Waals surface area contributed by atoms with Gasteiger partial charge in [-0.05, 0) is 39.0 Å². The van der Waals surface area contributed by atoms with Gasteiger partial charge in [-0.25, -0.2) is 0 Å². The first-order valence-electron chi connectivity index (χ1n) is 6.95. The zero-order valence-electron chi connectivity index (χ0n) is 12.7. The second-order valence-electron chi connectivity index (χ2n) is 5.06. The Balaban J connectivity index is 1.83. The standard InChI is InChI=1S/C16H16N4O2/c1-10-4-6-13(8-17-10)16-14(12(3)22-20-16)9-21-15-7-5-11(2)18-19-15/h4-8H,9H2,1-3H3. The normalized spacial score (nSPS) is 10.7. The maximum absolute atomic E-state index is 5.68. The lowest BCUT2D eigenvalue weighted by atomic mass is 10.1. The maximum Gasteiger partial charge on any atom is 0.233 e. The second-order valence-corrected chi connectivity index (χ2v) is 5.06. The number of ether oxygens (including phenoxy) is 1. The third kappa shape index (κ3) is 2.95. The van der Waals surface area contributed by atoms with Crippen molar-refractivity contribution < 1.29 is 9.26 Å². The Bertz CT molecular complexity index is 764. The molecule has 0 spiro atoms. The molecular weight excluding hydrogens is 280 g/mol. The lowest BCUT2D eigenvalue weighted by Crippen LogP contribution is -2.01.